The topological polar surface area (TPSA) is 49.3 Å². The number of hydrogen-bond acceptors (Lipinski definition) is 2. The number of hydrogen-bond donors (Lipinski definition) is 2. The largest absolute Gasteiger partial charge is 0.395 e. The first-order valence-electron chi connectivity index (χ1n) is 4.32. The predicted octanol–water partition coefficient (Wildman–Crippen LogP) is 1.10. The van der Waals surface area contributed by atoms with Gasteiger partial charge in [0.1, 0.15) is 5.56 Å². The molecule has 1 aromatic carbocycles. The van der Waals surface area contributed by atoms with Crippen LogP contribution in [0.15, 0.2) is 0 Å². The summed E-state index contributed by atoms with van der Waals surface area (Å²) >= 11 is 0. The summed E-state index contributed by atoms with van der Waals surface area (Å²) in [6, 6.07) is 0. The van der Waals surface area contributed by atoms with Gasteiger partial charge < -0.3 is 10.4 Å². The van der Waals surface area contributed by atoms with Crippen molar-refractivity contribution in [1.82, 2.24) is 5.32 Å². The molecule has 1 rings (SSSR count). The maximum Gasteiger partial charge on any atom is 0.257 e. The van der Waals surface area contributed by atoms with Crippen LogP contribution in [0.3, 0.4) is 0 Å². The lowest BCUT2D eigenvalue weighted by atomic mass is 10.1. The molecule has 0 aromatic heterocycles. The fourth-order valence-electron chi connectivity index (χ4n) is 1.06. The third-order valence-corrected chi connectivity index (χ3v) is 1.83. The zero-order chi connectivity index (χ0) is 13.2. The van der Waals surface area contributed by atoms with Crippen LogP contribution in [-0.4, -0.2) is 24.2 Å². The standard InChI is InChI=1S/C9H6F5NO2/c10-4-3(9(17)15-1-2-16)5(11)7(13)8(14)6(4)12/h16H,1-2H2,(H,15,17). The number of carbonyl (C=O) groups excluding carboxylic acids is 1. The van der Waals surface area contributed by atoms with E-state index in [4.69, 9.17) is 5.11 Å². The Morgan fingerprint density at radius 3 is 1.76 bits per heavy atom. The molecule has 0 aliphatic heterocycles. The van der Waals surface area contributed by atoms with Crippen molar-refractivity contribution in [3.8, 4) is 0 Å². The van der Waals surface area contributed by atoms with Crippen LogP contribution in [0.5, 0.6) is 0 Å². The molecule has 0 heterocycles. The molecular formula is C9H6F5NO2. The molecule has 0 bridgehead atoms. The van der Waals surface area contributed by atoms with Gasteiger partial charge in [-0.1, -0.05) is 0 Å². The molecule has 0 aliphatic rings. The van der Waals surface area contributed by atoms with Gasteiger partial charge in [0.15, 0.2) is 23.3 Å². The van der Waals surface area contributed by atoms with Crippen molar-refractivity contribution < 1.29 is 31.9 Å². The Balaban J connectivity index is 3.29. The molecule has 2 N–H and O–H groups in total. The van der Waals surface area contributed by atoms with Crippen LogP contribution in [0, 0.1) is 29.1 Å². The Bertz CT molecular complexity index is 434. The Kier molecular flexibility index (Phi) is 4.00. The highest BCUT2D eigenvalue weighted by Crippen LogP contribution is 2.22. The SMILES string of the molecule is O=C(NCCO)c1c(F)c(F)c(F)c(F)c1F. The number of aliphatic hydroxyl groups is 1. The fourth-order valence-corrected chi connectivity index (χ4v) is 1.06. The molecule has 0 unspecified atom stereocenters. The average molecular weight is 255 g/mol. The summed E-state index contributed by atoms with van der Waals surface area (Å²) < 4.78 is 64.1. The molecule has 0 aliphatic carbocycles. The summed E-state index contributed by atoms with van der Waals surface area (Å²) in [6.07, 6.45) is 0. The zero-order valence-corrected chi connectivity index (χ0v) is 8.16. The summed E-state index contributed by atoms with van der Waals surface area (Å²) in [6.45, 7) is -0.917. The molecular weight excluding hydrogens is 249 g/mol. The van der Waals surface area contributed by atoms with Gasteiger partial charge in [-0.15, -0.1) is 0 Å². The number of halogens is 5. The molecule has 8 heteroatoms. The number of amides is 1. The number of rotatable bonds is 3. The van der Waals surface area contributed by atoms with E-state index in [0.29, 0.717) is 0 Å². The van der Waals surface area contributed by atoms with E-state index >= 15 is 0 Å². The van der Waals surface area contributed by atoms with Crippen molar-refractivity contribution in [3.05, 3.63) is 34.6 Å². The molecule has 0 radical (unpaired) electrons. The molecule has 0 saturated carbocycles. The van der Waals surface area contributed by atoms with E-state index in [-0.39, 0.29) is 6.54 Å². The van der Waals surface area contributed by atoms with Crippen molar-refractivity contribution in [2.45, 2.75) is 0 Å². The van der Waals surface area contributed by atoms with Gasteiger partial charge in [0.2, 0.25) is 5.82 Å². The summed E-state index contributed by atoms with van der Waals surface area (Å²) in [5.41, 5.74) is -1.57. The number of nitrogens with one attached hydrogen (secondary N) is 1. The van der Waals surface area contributed by atoms with Gasteiger partial charge in [0.25, 0.3) is 5.91 Å². The molecule has 0 saturated heterocycles. The highest BCUT2D eigenvalue weighted by Gasteiger charge is 2.29. The highest BCUT2D eigenvalue weighted by atomic mass is 19.2. The van der Waals surface area contributed by atoms with E-state index in [2.05, 4.69) is 0 Å². The molecule has 1 amide bonds. The van der Waals surface area contributed by atoms with Crippen molar-refractivity contribution in [1.29, 1.82) is 0 Å². The van der Waals surface area contributed by atoms with Gasteiger partial charge in [-0.25, -0.2) is 22.0 Å². The van der Waals surface area contributed by atoms with Crippen LogP contribution in [0.1, 0.15) is 10.4 Å². The minimum atomic E-state index is -2.33. The van der Waals surface area contributed by atoms with Crippen molar-refractivity contribution in [2.75, 3.05) is 13.2 Å². The van der Waals surface area contributed by atoms with Gasteiger partial charge in [-0.05, 0) is 0 Å². The summed E-state index contributed by atoms with van der Waals surface area (Å²) in [4.78, 5) is 11.1. The van der Waals surface area contributed by atoms with Crippen LogP contribution in [0.4, 0.5) is 22.0 Å². The maximum absolute atomic E-state index is 13.0. The fraction of sp³-hybridized carbons (Fsp3) is 0.222. The number of benzene rings is 1. The van der Waals surface area contributed by atoms with E-state index in [9.17, 15) is 26.7 Å². The Labute approximate surface area is 91.9 Å². The smallest absolute Gasteiger partial charge is 0.257 e. The second kappa shape index (κ2) is 5.09. The van der Waals surface area contributed by atoms with Crippen LogP contribution in [-0.2, 0) is 0 Å². The number of carbonyl (C=O) groups is 1. The maximum atomic E-state index is 13.0. The van der Waals surface area contributed by atoms with Gasteiger partial charge in [0, 0.05) is 6.54 Å². The van der Waals surface area contributed by atoms with E-state index in [1.165, 1.54) is 0 Å². The summed E-state index contributed by atoms with van der Waals surface area (Å²) in [5, 5.41) is 10.1. The molecule has 0 atom stereocenters. The van der Waals surface area contributed by atoms with Crippen LogP contribution in [0.2, 0.25) is 0 Å². The molecule has 1 aromatic rings. The minimum absolute atomic E-state index is 0.377. The van der Waals surface area contributed by atoms with E-state index in [1.807, 2.05) is 0 Å². The monoisotopic (exact) mass is 255 g/mol. The lowest BCUT2D eigenvalue weighted by molar-refractivity contribution is 0.0933. The van der Waals surface area contributed by atoms with Crippen molar-refractivity contribution in [2.24, 2.45) is 0 Å². The van der Waals surface area contributed by atoms with Crippen molar-refractivity contribution in [3.63, 3.8) is 0 Å². The van der Waals surface area contributed by atoms with Crippen LogP contribution < -0.4 is 5.32 Å². The second-order valence-electron chi connectivity index (χ2n) is 2.92. The minimum Gasteiger partial charge on any atom is -0.395 e. The van der Waals surface area contributed by atoms with E-state index in [0.717, 1.165) is 0 Å². The third-order valence-electron chi connectivity index (χ3n) is 1.83. The lowest BCUT2D eigenvalue weighted by Gasteiger charge is -2.08. The highest BCUT2D eigenvalue weighted by molar-refractivity contribution is 5.94. The first-order valence-corrected chi connectivity index (χ1v) is 4.32. The molecule has 0 fully saturated rings. The van der Waals surface area contributed by atoms with Crippen LogP contribution in [0.25, 0.3) is 0 Å². The Morgan fingerprint density at radius 2 is 1.35 bits per heavy atom. The summed E-state index contributed by atoms with van der Waals surface area (Å²) in [5.74, 6) is -12.6. The Morgan fingerprint density at radius 1 is 0.941 bits per heavy atom. The quantitative estimate of drug-likeness (QED) is 0.483. The van der Waals surface area contributed by atoms with E-state index in [1.54, 1.807) is 5.32 Å². The van der Waals surface area contributed by atoms with Gasteiger partial charge >= 0.3 is 0 Å². The Hall–Kier alpha value is -1.70. The zero-order valence-electron chi connectivity index (χ0n) is 8.16. The second-order valence-corrected chi connectivity index (χ2v) is 2.92. The van der Waals surface area contributed by atoms with Crippen LogP contribution >= 0.6 is 0 Å². The lowest BCUT2D eigenvalue weighted by Crippen LogP contribution is -2.29. The predicted molar refractivity (Wildman–Crippen MR) is 45.7 cm³/mol. The first-order chi connectivity index (χ1) is 7.91. The summed E-state index contributed by atoms with van der Waals surface area (Å²) in [7, 11) is 0. The van der Waals surface area contributed by atoms with Gasteiger partial charge in [-0.2, -0.15) is 0 Å². The average Bonchev–Trinajstić information content (AvgIpc) is 2.31. The molecule has 3 nitrogen and oxygen atoms in total. The molecule has 0 spiro atoms. The first kappa shape index (κ1) is 13.4. The van der Waals surface area contributed by atoms with Gasteiger partial charge in [-0.3, -0.25) is 4.79 Å². The van der Waals surface area contributed by atoms with Gasteiger partial charge in [0.05, 0.1) is 6.61 Å². The molecule has 17 heavy (non-hydrogen) atoms. The van der Waals surface area contributed by atoms with Crippen molar-refractivity contribution >= 4 is 5.91 Å². The third kappa shape index (κ3) is 2.36. The normalized spacial score (nSPS) is 10.5. The molecule has 94 valence electrons. The number of aliphatic hydroxyl groups excluding tert-OH is 1. The van der Waals surface area contributed by atoms with E-state index < -0.39 is 47.2 Å².